The zero-order valence-electron chi connectivity index (χ0n) is 18.6. The predicted octanol–water partition coefficient (Wildman–Crippen LogP) is 2.62. The highest BCUT2D eigenvalue weighted by atomic mass is 32.2. The Balaban J connectivity index is 1.32. The van der Waals surface area contributed by atoms with Gasteiger partial charge in [0, 0.05) is 36.5 Å². The maximum Gasteiger partial charge on any atom is 0.223 e. The van der Waals surface area contributed by atoms with Crippen molar-refractivity contribution in [2.75, 3.05) is 24.6 Å². The van der Waals surface area contributed by atoms with Crippen molar-refractivity contribution < 1.29 is 13.2 Å². The third kappa shape index (κ3) is 4.85. The van der Waals surface area contributed by atoms with Gasteiger partial charge < -0.3 is 10.3 Å². The van der Waals surface area contributed by atoms with E-state index in [2.05, 4.69) is 16.8 Å². The fraction of sp³-hybridized carbons (Fsp3) is 0.522. The van der Waals surface area contributed by atoms with Crippen LogP contribution < -0.4 is 15.8 Å². The first kappa shape index (κ1) is 23.2. The van der Waals surface area contributed by atoms with E-state index in [1.165, 1.54) is 4.88 Å². The standard InChI is InChI=1S/C23H32N4O3S2/c1-17-22(18(2)27(25-17)20-7-4-3-5-8-20)32(29,30)26-14-11-19(12-15-26)23(28)24-13-10-21-9-6-16-31-21/h3-9,16-19,22,25H,10-15H2,1-2H3,(H,24,28). The molecule has 7 nitrogen and oxygen atoms in total. The normalized spacial score (nSPS) is 25.2. The van der Waals surface area contributed by atoms with Crippen molar-refractivity contribution in [2.45, 2.75) is 50.4 Å². The van der Waals surface area contributed by atoms with Crippen molar-refractivity contribution in [3.05, 3.63) is 52.7 Å². The largest absolute Gasteiger partial charge is 0.355 e. The second kappa shape index (κ2) is 9.91. The molecule has 0 aliphatic carbocycles. The van der Waals surface area contributed by atoms with Crippen molar-refractivity contribution in [3.8, 4) is 0 Å². The molecule has 32 heavy (non-hydrogen) atoms. The Hall–Kier alpha value is -1.94. The maximum atomic E-state index is 13.5. The molecule has 0 radical (unpaired) electrons. The summed E-state index contributed by atoms with van der Waals surface area (Å²) in [4.78, 5) is 13.8. The second-order valence-electron chi connectivity index (χ2n) is 8.67. The Kier molecular flexibility index (Phi) is 7.19. The first-order chi connectivity index (χ1) is 15.4. The summed E-state index contributed by atoms with van der Waals surface area (Å²) in [5, 5.41) is 6.47. The van der Waals surface area contributed by atoms with Crippen LogP contribution in [0.15, 0.2) is 47.8 Å². The Morgan fingerprint density at radius 3 is 2.50 bits per heavy atom. The van der Waals surface area contributed by atoms with Gasteiger partial charge in [-0.3, -0.25) is 4.79 Å². The molecule has 2 N–H and O–H groups in total. The van der Waals surface area contributed by atoms with Crippen LogP contribution in [0.25, 0.3) is 0 Å². The smallest absolute Gasteiger partial charge is 0.223 e. The molecular formula is C23H32N4O3S2. The summed E-state index contributed by atoms with van der Waals surface area (Å²) in [5.74, 6) is -0.0831. The highest BCUT2D eigenvalue weighted by Gasteiger charge is 2.48. The van der Waals surface area contributed by atoms with Gasteiger partial charge in [-0.2, -0.15) is 0 Å². The van der Waals surface area contributed by atoms with Gasteiger partial charge in [0.2, 0.25) is 15.9 Å². The Labute approximate surface area is 194 Å². The van der Waals surface area contributed by atoms with Gasteiger partial charge in [-0.05, 0) is 56.7 Å². The van der Waals surface area contributed by atoms with Gasteiger partial charge in [-0.1, -0.05) is 24.3 Å². The number of carbonyl (C=O) groups excluding carboxylic acids is 1. The number of thiophene rings is 1. The van der Waals surface area contributed by atoms with E-state index in [1.807, 2.05) is 60.6 Å². The molecule has 2 aromatic rings. The number of nitrogens with zero attached hydrogens (tertiary/aromatic N) is 2. The summed E-state index contributed by atoms with van der Waals surface area (Å²) in [7, 11) is -3.50. The highest BCUT2D eigenvalue weighted by molar-refractivity contribution is 7.89. The molecule has 2 aliphatic heterocycles. The summed E-state index contributed by atoms with van der Waals surface area (Å²) < 4.78 is 28.6. The van der Waals surface area contributed by atoms with Crippen LogP contribution >= 0.6 is 11.3 Å². The van der Waals surface area contributed by atoms with Crippen LogP contribution in [-0.2, 0) is 21.2 Å². The number of rotatable bonds is 7. The van der Waals surface area contributed by atoms with E-state index in [-0.39, 0.29) is 23.9 Å². The molecule has 4 rings (SSSR count). The molecule has 3 heterocycles. The molecule has 2 saturated heterocycles. The number of hydrazine groups is 1. The van der Waals surface area contributed by atoms with E-state index in [0.717, 1.165) is 12.1 Å². The van der Waals surface area contributed by atoms with Crippen LogP contribution in [0.1, 0.15) is 31.6 Å². The maximum absolute atomic E-state index is 13.5. The van der Waals surface area contributed by atoms with E-state index in [1.54, 1.807) is 15.6 Å². The lowest BCUT2D eigenvalue weighted by atomic mass is 9.97. The topological polar surface area (TPSA) is 81.8 Å². The summed E-state index contributed by atoms with van der Waals surface area (Å²) in [6, 6.07) is 13.5. The number of para-hydroxylation sites is 1. The number of hydrogen-bond donors (Lipinski definition) is 2. The molecule has 3 atom stereocenters. The average molecular weight is 477 g/mol. The van der Waals surface area contributed by atoms with Crippen molar-refractivity contribution in [2.24, 2.45) is 5.92 Å². The number of nitrogens with one attached hydrogen (secondary N) is 2. The van der Waals surface area contributed by atoms with Gasteiger partial charge >= 0.3 is 0 Å². The van der Waals surface area contributed by atoms with Crippen molar-refractivity contribution >= 4 is 33.0 Å². The molecule has 0 bridgehead atoms. The van der Waals surface area contributed by atoms with Gasteiger partial charge in [-0.25, -0.2) is 18.1 Å². The zero-order valence-corrected chi connectivity index (χ0v) is 20.2. The molecule has 0 spiro atoms. The minimum absolute atomic E-state index is 0.0399. The van der Waals surface area contributed by atoms with Gasteiger partial charge in [0.15, 0.2) is 0 Å². The lowest BCUT2D eigenvalue weighted by molar-refractivity contribution is -0.126. The number of carbonyl (C=O) groups is 1. The van der Waals surface area contributed by atoms with Crippen LogP contribution in [0.4, 0.5) is 5.69 Å². The second-order valence-corrected chi connectivity index (χ2v) is 11.8. The first-order valence-electron chi connectivity index (χ1n) is 11.3. The first-order valence-corrected chi connectivity index (χ1v) is 13.7. The third-order valence-electron chi connectivity index (χ3n) is 6.53. The van der Waals surface area contributed by atoms with Crippen LogP contribution in [0.5, 0.6) is 0 Å². The summed E-state index contributed by atoms with van der Waals surface area (Å²) in [6.07, 6.45) is 1.96. The van der Waals surface area contributed by atoms with Crippen LogP contribution in [0.2, 0.25) is 0 Å². The van der Waals surface area contributed by atoms with Gasteiger partial charge in [0.1, 0.15) is 5.25 Å². The number of piperidine rings is 1. The molecule has 0 saturated carbocycles. The highest BCUT2D eigenvalue weighted by Crippen LogP contribution is 2.31. The Bertz CT molecular complexity index is 990. The Morgan fingerprint density at radius 2 is 1.84 bits per heavy atom. The summed E-state index contributed by atoms with van der Waals surface area (Å²) in [6.45, 7) is 5.30. The lowest BCUT2D eigenvalue weighted by Gasteiger charge is -2.34. The molecule has 1 aromatic carbocycles. The third-order valence-corrected chi connectivity index (χ3v) is 10.0. The van der Waals surface area contributed by atoms with Gasteiger partial charge in [0.05, 0.1) is 11.7 Å². The number of anilines is 1. The predicted molar refractivity (Wildman–Crippen MR) is 129 cm³/mol. The van der Waals surface area contributed by atoms with Crippen molar-refractivity contribution in [1.29, 1.82) is 0 Å². The van der Waals surface area contributed by atoms with Gasteiger partial charge in [-0.15, -0.1) is 11.3 Å². The SMILES string of the molecule is CC1NN(c2ccccc2)C(C)C1S(=O)(=O)N1CCC(C(=O)NCCc2cccs2)CC1. The quantitative estimate of drug-likeness (QED) is 0.642. The molecule has 2 fully saturated rings. The number of hydrogen-bond acceptors (Lipinski definition) is 6. The molecule has 1 aromatic heterocycles. The summed E-state index contributed by atoms with van der Waals surface area (Å²) in [5.41, 5.74) is 4.30. The van der Waals surface area contributed by atoms with Crippen molar-refractivity contribution in [3.63, 3.8) is 0 Å². The molecule has 9 heteroatoms. The number of amides is 1. The fourth-order valence-electron chi connectivity index (χ4n) is 4.83. The van der Waals surface area contributed by atoms with E-state index >= 15 is 0 Å². The number of sulfonamides is 1. The molecule has 174 valence electrons. The molecule has 3 unspecified atom stereocenters. The van der Waals surface area contributed by atoms with Crippen LogP contribution in [0, 0.1) is 5.92 Å². The minimum atomic E-state index is -3.50. The monoisotopic (exact) mass is 476 g/mol. The van der Waals surface area contributed by atoms with Crippen LogP contribution in [-0.4, -0.2) is 55.6 Å². The summed E-state index contributed by atoms with van der Waals surface area (Å²) >= 11 is 1.69. The van der Waals surface area contributed by atoms with Crippen LogP contribution in [0.3, 0.4) is 0 Å². The Morgan fingerprint density at radius 1 is 1.12 bits per heavy atom. The van der Waals surface area contributed by atoms with Crippen molar-refractivity contribution in [1.82, 2.24) is 15.0 Å². The minimum Gasteiger partial charge on any atom is -0.355 e. The average Bonchev–Trinajstić information content (AvgIpc) is 3.42. The molecule has 1 amide bonds. The van der Waals surface area contributed by atoms with E-state index in [4.69, 9.17) is 0 Å². The van der Waals surface area contributed by atoms with Gasteiger partial charge in [0.25, 0.3) is 0 Å². The molecular weight excluding hydrogens is 444 g/mol. The number of benzene rings is 1. The lowest BCUT2D eigenvalue weighted by Crippen LogP contribution is -2.50. The van der Waals surface area contributed by atoms with E-state index in [9.17, 15) is 13.2 Å². The fourth-order valence-corrected chi connectivity index (χ4v) is 7.80. The molecule has 2 aliphatic rings. The van der Waals surface area contributed by atoms with E-state index < -0.39 is 15.3 Å². The van der Waals surface area contributed by atoms with E-state index in [0.29, 0.717) is 32.5 Å². The zero-order chi connectivity index (χ0) is 22.7.